The van der Waals surface area contributed by atoms with Gasteiger partial charge >= 0.3 is 0 Å². The lowest BCUT2D eigenvalue weighted by atomic mass is 10.1. The Morgan fingerprint density at radius 3 is 3.04 bits per heavy atom. The summed E-state index contributed by atoms with van der Waals surface area (Å²) in [6, 6.07) is 9.23. The highest BCUT2D eigenvalue weighted by molar-refractivity contribution is 5.92. The summed E-state index contributed by atoms with van der Waals surface area (Å²) >= 11 is 0. The van der Waals surface area contributed by atoms with Gasteiger partial charge < -0.3 is 25.3 Å². The molecule has 0 bridgehead atoms. The lowest BCUT2D eigenvalue weighted by Gasteiger charge is -2.04. The van der Waals surface area contributed by atoms with Crippen LogP contribution in [-0.2, 0) is 11.2 Å². The molecule has 3 aromatic rings. The largest absolute Gasteiger partial charge is 0.508 e. The fraction of sp³-hybridized carbons (Fsp3) is 0.150. The summed E-state index contributed by atoms with van der Waals surface area (Å²) in [6.07, 6.45) is 5.23. The minimum absolute atomic E-state index is 0.182. The molecule has 2 aromatic carbocycles. The van der Waals surface area contributed by atoms with Gasteiger partial charge in [0.2, 0.25) is 5.91 Å². The van der Waals surface area contributed by atoms with Crippen LogP contribution in [0.3, 0.4) is 0 Å². The van der Waals surface area contributed by atoms with E-state index in [9.17, 15) is 15.0 Å². The van der Waals surface area contributed by atoms with E-state index in [1.807, 2.05) is 6.20 Å². The van der Waals surface area contributed by atoms with Gasteiger partial charge in [0.05, 0.1) is 11.2 Å². The van der Waals surface area contributed by atoms with Crippen LogP contribution >= 0.6 is 0 Å². The van der Waals surface area contributed by atoms with Gasteiger partial charge in [-0.3, -0.25) is 4.79 Å². The predicted octanol–water partition coefficient (Wildman–Crippen LogP) is 2.96. The van der Waals surface area contributed by atoms with Crippen LogP contribution in [0, 0.1) is 0 Å². The van der Waals surface area contributed by atoms with E-state index in [-0.39, 0.29) is 23.2 Å². The monoisotopic (exact) mass is 355 g/mol. The molecule has 6 nitrogen and oxygen atoms in total. The Bertz CT molecular complexity index is 1060. The third-order valence-electron chi connectivity index (χ3n) is 3.97. The van der Waals surface area contributed by atoms with Gasteiger partial charge in [0.15, 0.2) is 11.5 Å². The summed E-state index contributed by atoms with van der Waals surface area (Å²) in [5.74, 6) is -0.622. The van der Waals surface area contributed by atoms with Gasteiger partial charge in [0, 0.05) is 29.7 Å². The maximum Gasteiger partial charge on any atom is 0.244 e. The van der Waals surface area contributed by atoms with Gasteiger partial charge in [-0.1, -0.05) is 6.07 Å². The van der Waals surface area contributed by atoms with E-state index in [1.165, 1.54) is 30.4 Å². The van der Waals surface area contributed by atoms with Crippen molar-refractivity contribution >= 4 is 22.9 Å². The first-order chi connectivity index (χ1) is 13.7. The molecule has 0 atom stereocenters. The second-order valence-corrected chi connectivity index (χ2v) is 5.75. The summed E-state index contributed by atoms with van der Waals surface area (Å²) in [4.78, 5) is 15.1. The summed E-state index contributed by atoms with van der Waals surface area (Å²) < 4.78 is 26.0. The van der Waals surface area contributed by atoms with E-state index in [4.69, 9.17) is 8.85 Å². The first kappa shape index (κ1) is 13.8. The number of rotatable bonds is 6. The molecule has 6 heteroatoms. The molecule has 0 radical (unpaired) electrons. The average Bonchev–Trinajstić information content (AvgIpc) is 3.03. The number of aromatic amines is 1. The fourth-order valence-corrected chi connectivity index (χ4v) is 2.64. The Morgan fingerprint density at radius 1 is 1.31 bits per heavy atom. The molecule has 1 amide bonds. The van der Waals surface area contributed by atoms with Crippen LogP contribution in [0.4, 0.5) is 0 Å². The highest BCUT2D eigenvalue weighted by atomic mass is 16.5. The number of aromatic nitrogens is 1. The molecule has 0 fully saturated rings. The number of aromatic hydroxyl groups is 2. The van der Waals surface area contributed by atoms with E-state index >= 15 is 0 Å². The maximum absolute atomic E-state index is 12.0. The Balaban J connectivity index is 1.57. The van der Waals surface area contributed by atoms with Crippen LogP contribution in [0.15, 0.2) is 48.7 Å². The zero-order valence-corrected chi connectivity index (χ0v) is 13.8. The second kappa shape index (κ2) is 7.65. The van der Waals surface area contributed by atoms with Crippen LogP contribution in [0.2, 0.25) is 0 Å². The third kappa shape index (κ3) is 3.97. The first-order valence-corrected chi connectivity index (χ1v) is 7.98. The number of nitrogens with one attached hydrogen (secondary N) is 2. The number of H-pyrrole nitrogens is 1. The van der Waals surface area contributed by atoms with Gasteiger partial charge in [-0.05, 0) is 54.0 Å². The normalized spacial score (nSPS) is 13.3. The molecule has 0 unspecified atom stereocenters. The van der Waals surface area contributed by atoms with Crippen molar-refractivity contribution in [2.24, 2.45) is 0 Å². The van der Waals surface area contributed by atoms with Gasteiger partial charge in [-0.25, -0.2) is 0 Å². The van der Waals surface area contributed by atoms with Crippen LogP contribution < -0.4 is 10.1 Å². The summed E-state index contributed by atoms with van der Waals surface area (Å²) in [5.41, 5.74) is 2.39. The number of fused-ring (bicyclic) bond motifs is 1. The molecule has 1 aromatic heterocycles. The molecular weight excluding hydrogens is 332 g/mol. The number of ether oxygens (including phenoxy) is 1. The van der Waals surface area contributed by atoms with E-state index in [0.717, 1.165) is 16.5 Å². The van der Waals surface area contributed by atoms with Gasteiger partial charge in [-0.15, -0.1) is 0 Å². The number of carbonyl (C=O) groups is 1. The number of hydrogen-bond acceptors (Lipinski definition) is 4. The van der Waals surface area contributed by atoms with Gasteiger partial charge in [-0.2, -0.15) is 0 Å². The average molecular weight is 355 g/mol. The molecule has 0 aliphatic carbocycles. The van der Waals surface area contributed by atoms with Crippen molar-refractivity contribution < 1.29 is 23.9 Å². The highest BCUT2D eigenvalue weighted by Gasteiger charge is 2.05. The maximum atomic E-state index is 12.0. The third-order valence-corrected chi connectivity index (χ3v) is 3.97. The van der Waals surface area contributed by atoms with Crippen LogP contribution in [-0.4, -0.2) is 34.7 Å². The van der Waals surface area contributed by atoms with Crippen molar-refractivity contribution in [1.29, 1.82) is 0 Å². The minimum atomic E-state index is -2.68. The number of methoxy groups -OCH3 is 1. The number of phenols is 2. The quantitative estimate of drug-likeness (QED) is 0.511. The van der Waals surface area contributed by atoms with Crippen LogP contribution in [0.5, 0.6) is 17.2 Å². The highest BCUT2D eigenvalue weighted by Crippen LogP contribution is 2.26. The van der Waals surface area contributed by atoms with Crippen molar-refractivity contribution in [3.8, 4) is 17.2 Å². The Hall–Kier alpha value is -3.41. The number of hydrogen-bond donors (Lipinski definition) is 4. The second-order valence-electron chi connectivity index (χ2n) is 5.75. The van der Waals surface area contributed by atoms with Crippen molar-refractivity contribution in [3.63, 3.8) is 0 Å². The molecule has 0 saturated heterocycles. The number of amides is 1. The topological polar surface area (TPSA) is 94.6 Å². The Labute approximate surface area is 155 Å². The number of phenolic OH excluding ortho intramolecular Hbond substituents is 2. The Kier molecular flexibility index (Phi) is 4.07. The fourth-order valence-electron chi connectivity index (χ4n) is 2.64. The van der Waals surface area contributed by atoms with E-state index < -0.39 is 7.04 Å². The van der Waals surface area contributed by atoms with E-state index in [0.29, 0.717) is 18.5 Å². The summed E-state index contributed by atoms with van der Waals surface area (Å²) in [7, 11) is -2.68. The van der Waals surface area contributed by atoms with Crippen molar-refractivity contribution in [2.75, 3.05) is 13.6 Å². The molecule has 3 rings (SSSR count). The van der Waals surface area contributed by atoms with Crippen molar-refractivity contribution in [3.05, 3.63) is 59.8 Å². The molecule has 0 aliphatic rings. The molecule has 26 heavy (non-hydrogen) atoms. The summed E-state index contributed by atoms with van der Waals surface area (Å²) in [5, 5.41) is 23.0. The molecule has 0 aliphatic heterocycles. The van der Waals surface area contributed by atoms with E-state index in [1.54, 1.807) is 18.2 Å². The number of carbonyl (C=O) groups excluding carboxylic acids is 1. The summed E-state index contributed by atoms with van der Waals surface area (Å²) in [6.45, 7) is 0.398. The van der Waals surface area contributed by atoms with Crippen molar-refractivity contribution in [1.82, 2.24) is 10.3 Å². The molecule has 0 saturated carbocycles. The Morgan fingerprint density at radius 2 is 2.19 bits per heavy atom. The standard InChI is InChI=1S/C20H20N2O4/c1-26-19-10-13(2-6-18(19)24)3-7-20(25)21-9-8-14-12-22-17-5-4-15(23)11-16(14)17/h2-7,10-12,22-24H,8-9H2,1H3,(H,21,25)/b7-3+/i1D3. The molecule has 1 heterocycles. The molecular formula is C20H20N2O4. The zero-order valence-electron chi connectivity index (χ0n) is 16.8. The first-order valence-electron chi connectivity index (χ1n) is 9.48. The predicted molar refractivity (Wildman–Crippen MR) is 100 cm³/mol. The zero-order chi connectivity index (χ0) is 21.0. The lowest BCUT2D eigenvalue weighted by Crippen LogP contribution is -2.23. The smallest absolute Gasteiger partial charge is 0.244 e. The molecule has 0 spiro atoms. The van der Waals surface area contributed by atoms with Crippen LogP contribution in [0.1, 0.15) is 15.2 Å². The van der Waals surface area contributed by atoms with E-state index in [2.05, 4.69) is 10.3 Å². The molecule has 4 N–H and O–H groups in total. The lowest BCUT2D eigenvalue weighted by molar-refractivity contribution is -0.116. The number of benzene rings is 2. The SMILES string of the molecule is [2H]C([2H])([2H])Oc1cc(/C=C/C(=O)NCCc2c[nH]c3ccc(O)cc23)ccc1O. The van der Waals surface area contributed by atoms with Gasteiger partial charge in [0.1, 0.15) is 5.75 Å². The van der Waals surface area contributed by atoms with Crippen LogP contribution in [0.25, 0.3) is 17.0 Å². The van der Waals surface area contributed by atoms with Crippen molar-refractivity contribution in [2.45, 2.75) is 6.42 Å². The van der Waals surface area contributed by atoms with Gasteiger partial charge in [0.25, 0.3) is 0 Å². The molecule has 134 valence electrons. The minimum Gasteiger partial charge on any atom is -0.508 e.